The van der Waals surface area contributed by atoms with Crippen LogP contribution in [0.4, 0.5) is 0 Å². The van der Waals surface area contributed by atoms with Crippen LogP contribution >= 0.6 is 7.82 Å². The van der Waals surface area contributed by atoms with Crippen molar-refractivity contribution in [2.24, 2.45) is 0 Å². The van der Waals surface area contributed by atoms with Gasteiger partial charge in [-0.05, 0) is 0 Å². The fourth-order valence-electron chi connectivity index (χ4n) is 1.28. The molecule has 1 aliphatic heterocycles. The summed E-state index contributed by atoms with van der Waals surface area (Å²) >= 11 is 0. The van der Waals surface area contributed by atoms with Crippen LogP contribution in [0.1, 0.15) is 6.42 Å². The zero-order valence-electron chi connectivity index (χ0n) is 8.17. The maximum Gasteiger partial charge on any atom is 0.267 e. The van der Waals surface area contributed by atoms with Crippen LogP contribution < -0.4 is 4.89 Å². The van der Waals surface area contributed by atoms with Crippen molar-refractivity contribution in [2.45, 2.75) is 18.6 Å². The molecule has 1 saturated heterocycles. The standard InChI is InChI=1S/C7H15O6P/c1-10-5-7-6(3-4-12-7)13-14(8,9)11-2/h6-7H,3-5H2,1-2H3,(H,8,9)/p-1/t6?,7-/m1/s1. The van der Waals surface area contributed by atoms with E-state index in [1.54, 1.807) is 0 Å². The van der Waals surface area contributed by atoms with Crippen LogP contribution in [0.2, 0.25) is 0 Å². The van der Waals surface area contributed by atoms with E-state index in [-0.39, 0.29) is 6.10 Å². The predicted molar refractivity (Wildman–Crippen MR) is 45.7 cm³/mol. The number of hydrogen-bond acceptors (Lipinski definition) is 6. The first-order valence-corrected chi connectivity index (χ1v) is 5.71. The van der Waals surface area contributed by atoms with Crippen LogP contribution in [-0.4, -0.2) is 39.6 Å². The van der Waals surface area contributed by atoms with Gasteiger partial charge in [0.15, 0.2) is 0 Å². The maximum absolute atomic E-state index is 11.0. The summed E-state index contributed by atoms with van der Waals surface area (Å²) < 4.78 is 30.1. The number of phosphoric ester groups is 1. The molecule has 2 unspecified atom stereocenters. The molecule has 0 bridgehead atoms. The SMILES string of the molecule is COC[C@H]1OCCC1OP(=O)([O-])OC. The Balaban J connectivity index is 2.47. The first-order chi connectivity index (χ1) is 6.59. The van der Waals surface area contributed by atoms with Crippen LogP contribution in [0, 0.1) is 0 Å². The zero-order valence-corrected chi connectivity index (χ0v) is 9.07. The lowest BCUT2D eigenvalue weighted by Gasteiger charge is -2.26. The van der Waals surface area contributed by atoms with Gasteiger partial charge in [0, 0.05) is 27.2 Å². The summed E-state index contributed by atoms with van der Waals surface area (Å²) in [6.45, 7) is 0.788. The predicted octanol–water partition coefficient (Wildman–Crippen LogP) is -0.0783. The quantitative estimate of drug-likeness (QED) is 0.609. The van der Waals surface area contributed by atoms with Crippen LogP contribution in [0.5, 0.6) is 0 Å². The number of phosphoric acid groups is 1. The van der Waals surface area contributed by atoms with Gasteiger partial charge in [-0.25, -0.2) is 0 Å². The lowest BCUT2D eigenvalue weighted by atomic mass is 10.2. The Kier molecular flexibility index (Phi) is 4.50. The lowest BCUT2D eigenvalue weighted by molar-refractivity contribution is -0.229. The smallest absolute Gasteiger partial charge is 0.267 e. The topological polar surface area (TPSA) is 77.1 Å². The molecule has 1 fully saturated rings. The fourth-order valence-corrected chi connectivity index (χ4v) is 1.94. The molecule has 0 aromatic carbocycles. The van der Waals surface area contributed by atoms with Gasteiger partial charge in [-0.15, -0.1) is 0 Å². The minimum atomic E-state index is -4.17. The number of methoxy groups -OCH3 is 1. The van der Waals surface area contributed by atoms with Gasteiger partial charge < -0.3 is 23.4 Å². The molecule has 7 heteroatoms. The molecule has 3 atom stereocenters. The third kappa shape index (κ3) is 3.31. The molecular formula is C7H14O6P-. The number of rotatable bonds is 5. The Morgan fingerprint density at radius 1 is 1.57 bits per heavy atom. The average Bonchev–Trinajstić information content (AvgIpc) is 2.53. The van der Waals surface area contributed by atoms with E-state index in [1.807, 2.05) is 0 Å². The molecule has 1 heterocycles. The summed E-state index contributed by atoms with van der Waals surface area (Å²) in [4.78, 5) is 11.0. The summed E-state index contributed by atoms with van der Waals surface area (Å²) in [7, 11) is -1.59. The van der Waals surface area contributed by atoms with Gasteiger partial charge in [0.2, 0.25) is 0 Å². The first kappa shape index (κ1) is 12.1. The molecular weight excluding hydrogens is 211 g/mol. The highest BCUT2D eigenvalue weighted by molar-refractivity contribution is 7.45. The number of ether oxygens (including phenoxy) is 2. The summed E-state index contributed by atoms with van der Waals surface area (Å²) in [5, 5.41) is 0. The molecule has 0 N–H and O–H groups in total. The average molecular weight is 225 g/mol. The molecule has 0 aliphatic carbocycles. The highest BCUT2D eigenvalue weighted by atomic mass is 31.2. The molecule has 0 radical (unpaired) electrons. The minimum Gasteiger partial charge on any atom is -0.756 e. The summed E-state index contributed by atoms with van der Waals surface area (Å²) in [6.07, 6.45) is -0.306. The van der Waals surface area contributed by atoms with E-state index >= 15 is 0 Å². The van der Waals surface area contributed by atoms with Gasteiger partial charge >= 0.3 is 0 Å². The van der Waals surface area contributed by atoms with Crippen molar-refractivity contribution in [3.8, 4) is 0 Å². The van der Waals surface area contributed by atoms with Crippen molar-refractivity contribution in [1.29, 1.82) is 0 Å². The van der Waals surface area contributed by atoms with Crippen molar-refractivity contribution in [3.63, 3.8) is 0 Å². The van der Waals surface area contributed by atoms with Crippen molar-refractivity contribution >= 4 is 7.82 Å². The normalized spacial score (nSPS) is 31.6. The van der Waals surface area contributed by atoms with Gasteiger partial charge in [-0.3, -0.25) is 4.57 Å². The van der Waals surface area contributed by atoms with E-state index in [0.717, 1.165) is 7.11 Å². The van der Waals surface area contributed by atoms with E-state index in [2.05, 4.69) is 4.52 Å². The zero-order chi connectivity index (χ0) is 10.6. The third-order valence-corrected chi connectivity index (χ3v) is 2.94. The molecule has 0 spiro atoms. The molecule has 0 aromatic heterocycles. The van der Waals surface area contributed by atoms with Crippen molar-refractivity contribution in [3.05, 3.63) is 0 Å². The third-order valence-electron chi connectivity index (χ3n) is 1.97. The first-order valence-electron chi connectivity index (χ1n) is 4.25. The van der Waals surface area contributed by atoms with Gasteiger partial charge in [0.1, 0.15) is 6.10 Å². The van der Waals surface area contributed by atoms with Crippen LogP contribution in [-0.2, 0) is 23.1 Å². The van der Waals surface area contributed by atoms with Crippen molar-refractivity contribution < 1.29 is 28.0 Å². The summed E-state index contributed by atoms with van der Waals surface area (Å²) in [5.41, 5.74) is 0. The van der Waals surface area contributed by atoms with Gasteiger partial charge in [-0.1, -0.05) is 0 Å². The Morgan fingerprint density at radius 3 is 2.86 bits per heavy atom. The molecule has 14 heavy (non-hydrogen) atoms. The van der Waals surface area contributed by atoms with Crippen LogP contribution in [0.25, 0.3) is 0 Å². The molecule has 84 valence electrons. The molecule has 0 amide bonds. The molecule has 1 rings (SSSR count). The Morgan fingerprint density at radius 2 is 2.29 bits per heavy atom. The second kappa shape index (κ2) is 5.21. The summed E-state index contributed by atoms with van der Waals surface area (Å²) in [6, 6.07) is 0. The highest BCUT2D eigenvalue weighted by Gasteiger charge is 2.31. The van der Waals surface area contributed by atoms with E-state index in [9.17, 15) is 9.46 Å². The molecule has 1 aliphatic rings. The second-order valence-electron chi connectivity index (χ2n) is 2.93. The fraction of sp³-hybridized carbons (Fsp3) is 1.00. The van der Waals surface area contributed by atoms with Crippen molar-refractivity contribution in [2.75, 3.05) is 27.4 Å². The number of hydrogen-bond donors (Lipinski definition) is 0. The largest absolute Gasteiger partial charge is 0.756 e. The van der Waals surface area contributed by atoms with Crippen LogP contribution in [0.15, 0.2) is 0 Å². The molecule has 0 saturated carbocycles. The Hall–Kier alpha value is 0.0300. The van der Waals surface area contributed by atoms with Crippen molar-refractivity contribution in [1.82, 2.24) is 0 Å². The van der Waals surface area contributed by atoms with Crippen LogP contribution in [0.3, 0.4) is 0 Å². The maximum atomic E-state index is 11.0. The van der Waals surface area contributed by atoms with Gasteiger partial charge in [-0.2, -0.15) is 0 Å². The summed E-state index contributed by atoms with van der Waals surface area (Å²) in [5.74, 6) is 0. The Labute approximate surface area is 82.7 Å². The van der Waals surface area contributed by atoms with E-state index in [4.69, 9.17) is 14.0 Å². The molecule has 6 nitrogen and oxygen atoms in total. The Bertz CT molecular complexity index is 220. The monoisotopic (exact) mass is 225 g/mol. The minimum absolute atomic E-state index is 0.314. The van der Waals surface area contributed by atoms with Gasteiger partial charge in [0.25, 0.3) is 7.82 Å². The van der Waals surface area contributed by atoms with E-state index in [1.165, 1.54) is 7.11 Å². The lowest BCUT2D eigenvalue weighted by Crippen LogP contribution is -2.29. The van der Waals surface area contributed by atoms with Gasteiger partial charge in [0.05, 0.1) is 12.7 Å². The highest BCUT2D eigenvalue weighted by Crippen LogP contribution is 2.41. The molecule has 0 aromatic rings. The second-order valence-corrected chi connectivity index (χ2v) is 4.40. The van der Waals surface area contributed by atoms with E-state index < -0.39 is 13.9 Å². The van der Waals surface area contributed by atoms with E-state index in [0.29, 0.717) is 19.6 Å².